The number of nitrogens with zero attached hydrogens (tertiary/aromatic N) is 1. The number of ether oxygens (including phenoxy) is 1. The summed E-state index contributed by atoms with van der Waals surface area (Å²) >= 11 is 6.26. The molecule has 2 aromatic rings. The number of carbonyl (C=O) groups excluding carboxylic acids is 2. The van der Waals surface area contributed by atoms with Gasteiger partial charge in [0.15, 0.2) is 0 Å². The van der Waals surface area contributed by atoms with Gasteiger partial charge in [-0.15, -0.1) is 13.2 Å². The predicted molar refractivity (Wildman–Crippen MR) is 105 cm³/mol. The molecule has 3 amide bonds. The van der Waals surface area contributed by atoms with Gasteiger partial charge in [0.2, 0.25) is 5.91 Å². The summed E-state index contributed by atoms with van der Waals surface area (Å²) in [5, 5.41) is 8.35. The molecule has 1 saturated heterocycles. The van der Waals surface area contributed by atoms with Crippen LogP contribution in [0.15, 0.2) is 36.4 Å². The number of carbonyl (C=O) groups is 2. The molecule has 31 heavy (non-hydrogen) atoms. The second-order valence-corrected chi connectivity index (χ2v) is 7.75. The molecule has 1 aliphatic heterocycles. The molecule has 0 spiro atoms. The van der Waals surface area contributed by atoms with Crippen LogP contribution in [0.4, 0.5) is 18.0 Å². The van der Waals surface area contributed by atoms with Crippen molar-refractivity contribution in [2.75, 3.05) is 6.54 Å². The van der Waals surface area contributed by atoms with E-state index in [4.69, 9.17) is 11.6 Å². The molecule has 2 heterocycles. The number of hydrogen-bond acceptors (Lipinski definition) is 4. The minimum Gasteiger partial charge on any atom is -0.406 e. The SMILES string of the molecule is O=C1NCC(C(=O)NC(c2ccc(OC(F)(F)F)cc2)c2ccc(Cl)c(C3CC3)n2)N1. The Morgan fingerprint density at radius 2 is 1.90 bits per heavy atom. The van der Waals surface area contributed by atoms with Gasteiger partial charge in [0, 0.05) is 12.5 Å². The van der Waals surface area contributed by atoms with E-state index >= 15 is 0 Å². The van der Waals surface area contributed by atoms with E-state index in [1.165, 1.54) is 24.3 Å². The summed E-state index contributed by atoms with van der Waals surface area (Å²) in [7, 11) is 0. The molecule has 3 N–H and O–H groups in total. The van der Waals surface area contributed by atoms with Crippen molar-refractivity contribution in [1.29, 1.82) is 0 Å². The number of aromatic nitrogens is 1. The smallest absolute Gasteiger partial charge is 0.406 e. The number of rotatable bonds is 6. The molecule has 2 unspecified atom stereocenters. The lowest BCUT2D eigenvalue weighted by Gasteiger charge is -2.22. The molecule has 2 aliphatic rings. The van der Waals surface area contributed by atoms with Crippen molar-refractivity contribution < 1.29 is 27.5 Å². The van der Waals surface area contributed by atoms with E-state index in [-0.39, 0.29) is 18.2 Å². The zero-order valence-corrected chi connectivity index (χ0v) is 16.8. The Hall–Kier alpha value is -3.01. The van der Waals surface area contributed by atoms with Gasteiger partial charge < -0.3 is 20.7 Å². The highest BCUT2D eigenvalue weighted by atomic mass is 35.5. The zero-order chi connectivity index (χ0) is 22.2. The molecule has 2 atom stereocenters. The van der Waals surface area contributed by atoms with Crippen LogP contribution in [0.2, 0.25) is 5.02 Å². The van der Waals surface area contributed by atoms with E-state index in [0.717, 1.165) is 18.5 Å². The minimum absolute atomic E-state index is 0.122. The van der Waals surface area contributed by atoms with Crippen LogP contribution in [0.25, 0.3) is 0 Å². The van der Waals surface area contributed by atoms with Gasteiger partial charge in [-0.05, 0) is 42.7 Å². The molecule has 1 aliphatic carbocycles. The Balaban J connectivity index is 1.63. The third-order valence-corrected chi connectivity index (χ3v) is 5.30. The van der Waals surface area contributed by atoms with Gasteiger partial charge in [-0.3, -0.25) is 9.78 Å². The minimum atomic E-state index is -4.81. The average molecular weight is 455 g/mol. The van der Waals surface area contributed by atoms with Crippen molar-refractivity contribution in [2.45, 2.75) is 37.2 Å². The van der Waals surface area contributed by atoms with Crippen LogP contribution in [0.3, 0.4) is 0 Å². The second kappa shape index (κ2) is 8.26. The van der Waals surface area contributed by atoms with Crippen LogP contribution in [-0.2, 0) is 4.79 Å². The molecule has 0 bridgehead atoms. The highest BCUT2D eigenvalue weighted by Gasteiger charge is 2.33. The van der Waals surface area contributed by atoms with Crippen molar-refractivity contribution in [3.63, 3.8) is 0 Å². The average Bonchev–Trinajstić information content (AvgIpc) is 3.46. The summed E-state index contributed by atoms with van der Waals surface area (Å²) in [5.74, 6) is -0.579. The van der Waals surface area contributed by atoms with Crippen LogP contribution in [0, 0.1) is 0 Å². The highest BCUT2D eigenvalue weighted by Crippen LogP contribution is 2.42. The molecule has 1 aromatic heterocycles. The Bertz CT molecular complexity index is 996. The first-order valence-corrected chi connectivity index (χ1v) is 9.94. The third-order valence-electron chi connectivity index (χ3n) is 4.98. The summed E-state index contributed by atoms with van der Waals surface area (Å²) in [4.78, 5) is 28.7. The molecule has 1 saturated carbocycles. The van der Waals surface area contributed by atoms with Gasteiger partial charge in [0.05, 0.1) is 22.5 Å². The Labute approximate surface area is 180 Å². The Kier molecular flexibility index (Phi) is 5.65. The number of hydrogen-bond donors (Lipinski definition) is 3. The van der Waals surface area contributed by atoms with E-state index in [2.05, 4.69) is 25.7 Å². The van der Waals surface area contributed by atoms with Crippen molar-refractivity contribution in [2.24, 2.45) is 0 Å². The molecule has 4 rings (SSSR count). The first-order chi connectivity index (χ1) is 14.7. The monoisotopic (exact) mass is 454 g/mol. The number of urea groups is 1. The van der Waals surface area contributed by atoms with Gasteiger partial charge in [-0.25, -0.2) is 4.79 Å². The number of alkyl halides is 3. The standard InChI is InChI=1S/C20H18ClF3N4O3/c21-13-7-8-14(26-16(13)10-1-2-10)17(28-18(29)15-9-25-19(30)27-15)11-3-5-12(6-4-11)31-20(22,23)24/h3-8,10,15,17H,1-2,9H2,(H,28,29)(H2,25,27,30). The summed E-state index contributed by atoms with van der Waals surface area (Å²) < 4.78 is 41.3. The van der Waals surface area contributed by atoms with Crippen LogP contribution < -0.4 is 20.7 Å². The fraction of sp³-hybridized carbons (Fsp3) is 0.350. The van der Waals surface area contributed by atoms with Crippen LogP contribution in [0.5, 0.6) is 5.75 Å². The maximum Gasteiger partial charge on any atom is 0.573 e. The molecular weight excluding hydrogens is 437 g/mol. The van der Waals surface area contributed by atoms with Crippen molar-refractivity contribution >= 4 is 23.5 Å². The van der Waals surface area contributed by atoms with Crippen LogP contribution in [0.1, 0.15) is 41.8 Å². The second-order valence-electron chi connectivity index (χ2n) is 7.34. The maximum atomic E-state index is 12.7. The number of nitrogens with one attached hydrogen (secondary N) is 3. The Morgan fingerprint density at radius 3 is 2.48 bits per heavy atom. The fourth-order valence-electron chi connectivity index (χ4n) is 3.32. The normalized spacial score (nSPS) is 19.4. The van der Waals surface area contributed by atoms with Crippen molar-refractivity contribution in [3.8, 4) is 5.75 Å². The van der Waals surface area contributed by atoms with Crippen LogP contribution >= 0.6 is 11.6 Å². The molecule has 7 nitrogen and oxygen atoms in total. The summed E-state index contributed by atoms with van der Waals surface area (Å²) in [6.45, 7) is 0.122. The maximum absolute atomic E-state index is 12.7. The first-order valence-electron chi connectivity index (χ1n) is 9.56. The van der Waals surface area contributed by atoms with Crippen molar-refractivity contribution in [3.05, 3.63) is 58.4 Å². The number of halogens is 4. The summed E-state index contributed by atoms with van der Waals surface area (Å²) in [6.07, 6.45) is -2.87. The summed E-state index contributed by atoms with van der Waals surface area (Å²) in [6, 6.07) is 6.53. The predicted octanol–water partition coefficient (Wildman–Crippen LogP) is 3.40. The first kappa shape index (κ1) is 21.2. The quantitative estimate of drug-likeness (QED) is 0.624. The van der Waals surface area contributed by atoms with E-state index in [1.807, 2.05) is 0 Å². The van der Waals surface area contributed by atoms with E-state index in [1.54, 1.807) is 12.1 Å². The third kappa shape index (κ3) is 5.19. The number of amides is 3. The van der Waals surface area contributed by atoms with Gasteiger partial charge in [0.25, 0.3) is 0 Å². The van der Waals surface area contributed by atoms with Gasteiger partial charge in [-0.2, -0.15) is 0 Å². The molecular formula is C20H18ClF3N4O3. The fourth-order valence-corrected chi connectivity index (χ4v) is 3.58. The van der Waals surface area contributed by atoms with E-state index < -0.39 is 30.4 Å². The van der Waals surface area contributed by atoms with Gasteiger partial charge in [-0.1, -0.05) is 23.7 Å². The highest BCUT2D eigenvalue weighted by molar-refractivity contribution is 6.31. The van der Waals surface area contributed by atoms with E-state index in [0.29, 0.717) is 16.3 Å². The van der Waals surface area contributed by atoms with Gasteiger partial charge in [0.1, 0.15) is 11.8 Å². The molecule has 11 heteroatoms. The number of benzene rings is 1. The summed E-state index contributed by atoms with van der Waals surface area (Å²) in [5.41, 5.74) is 1.71. The number of pyridine rings is 1. The lowest BCUT2D eigenvalue weighted by molar-refractivity contribution is -0.274. The lowest BCUT2D eigenvalue weighted by atomic mass is 10.0. The Morgan fingerprint density at radius 1 is 1.19 bits per heavy atom. The van der Waals surface area contributed by atoms with E-state index in [9.17, 15) is 22.8 Å². The largest absolute Gasteiger partial charge is 0.573 e. The van der Waals surface area contributed by atoms with Crippen molar-refractivity contribution in [1.82, 2.24) is 20.9 Å². The van der Waals surface area contributed by atoms with Gasteiger partial charge >= 0.3 is 12.4 Å². The zero-order valence-electron chi connectivity index (χ0n) is 16.0. The lowest BCUT2D eigenvalue weighted by Crippen LogP contribution is -2.44. The molecule has 0 radical (unpaired) electrons. The van der Waals surface area contributed by atoms with Crippen LogP contribution in [-0.4, -0.2) is 35.9 Å². The molecule has 1 aromatic carbocycles. The molecule has 164 valence electrons. The topological polar surface area (TPSA) is 92.4 Å². The molecule has 2 fully saturated rings.